The highest BCUT2D eigenvalue weighted by Crippen LogP contribution is 2.22. The lowest BCUT2D eigenvalue weighted by Crippen LogP contribution is -2.21. The number of carbonyl (C=O) groups is 2. The fourth-order valence-corrected chi connectivity index (χ4v) is 2.59. The lowest BCUT2D eigenvalue weighted by Gasteiger charge is -2.15. The van der Waals surface area contributed by atoms with E-state index in [1.54, 1.807) is 19.9 Å². The Morgan fingerprint density at radius 1 is 1.03 bits per heavy atom. The van der Waals surface area contributed by atoms with Gasteiger partial charge in [-0.05, 0) is 50.3 Å². The number of esters is 2. The van der Waals surface area contributed by atoms with Crippen molar-refractivity contribution in [3.8, 4) is 0 Å². The van der Waals surface area contributed by atoms with E-state index in [1.165, 1.54) is 36.4 Å². The summed E-state index contributed by atoms with van der Waals surface area (Å²) in [5.41, 5.74) is 0.908. The SMILES string of the molecule is CCOC(=O)c1ccc(C(=O)OCC)c(NC(=S)Nc2cccc([N+](=O)[O-])c2)c1. The molecule has 0 unspecified atom stereocenters. The average Bonchev–Trinajstić information content (AvgIpc) is 2.68. The molecule has 0 atom stereocenters. The quantitative estimate of drug-likeness (QED) is 0.300. The Balaban J connectivity index is 2.27. The van der Waals surface area contributed by atoms with Crippen molar-refractivity contribution < 1.29 is 24.0 Å². The van der Waals surface area contributed by atoms with Crippen LogP contribution in [0.3, 0.4) is 0 Å². The van der Waals surface area contributed by atoms with E-state index in [0.717, 1.165) is 0 Å². The highest BCUT2D eigenvalue weighted by Gasteiger charge is 2.17. The molecule has 0 saturated heterocycles. The fourth-order valence-electron chi connectivity index (χ4n) is 2.36. The van der Waals surface area contributed by atoms with Gasteiger partial charge in [0.15, 0.2) is 5.11 Å². The molecule has 10 heteroatoms. The summed E-state index contributed by atoms with van der Waals surface area (Å²) in [6.45, 7) is 3.73. The zero-order valence-electron chi connectivity index (χ0n) is 15.8. The number of non-ortho nitro benzene ring substituents is 1. The highest BCUT2D eigenvalue weighted by atomic mass is 32.1. The van der Waals surface area contributed by atoms with Crippen molar-refractivity contribution >= 4 is 46.3 Å². The first-order chi connectivity index (χ1) is 13.8. The lowest BCUT2D eigenvalue weighted by molar-refractivity contribution is -0.384. The maximum atomic E-state index is 12.2. The molecular weight excluding hydrogens is 398 g/mol. The zero-order chi connectivity index (χ0) is 21.4. The van der Waals surface area contributed by atoms with Crippen LogP contribution in [-0.4, -0.2) is 35.2 Å². The molecule has 152 valence electrons. The molecule has 0 amide bonds. The van der Waals surface area contributed by atoms with Crippen molar-refractivity contribution in [2.24, 2.45) is 0 Å². The molecule has 0 aromatic heterocycles. The van der Waals surface area contributed by atoms with E-state index in [1.807, 2.05) is 0 Å². The predicted molar refractivity (Wildman–Crippen MR) is 111 cm³/mol. The molecule has 0 spiro atoms. The van der Waals surface area contributed by atoms with Gasteiger partial charge in [-0.1, -0.05) is 6.07 Å². The van der Waals surface area contributed by atoms with Crippen molar-refractivity contribution in [3.63, 3.8) is 0 Å². The summed E-state index contributed by atoms with van der Waals surface area (Å²) in [4.78, 5) is 34.6. The van der Waals surface area contributed by atoms with Crippen molar-refractivity contribution in [3.05, 3.63) is 63.7 Å². The summed E-state index contributed by atoms with van der Waals surface area (Å²) >= 11 is 5.24. The first kappa shape index (κ1) is 21.8. The van der Waals surface area contributed by atoms with E-state index in [4.69, 9.17) is 21.7 Å². The number of rotatable bonds is 7. The number of ether oxygens (including phenoxy) is 2. The Labute approximate surface area is 172 Å². The molecule has 0 bridgehead atoms. The van der Waals surface area contributed by atoms with Gasteiger partial charge in [0.25, 0.3) is 5.69 Å². The average molecular weight is 417 g/mol. The first-order valence-corrected chi connectivity index (χ1v) is 9.07. The molecule has 0 fully saturated rings. The molecule has 2 aromatic rings. The van der Waals surface area contributed by atoms with Gasteiger partial charge in [-0.2, -0.15) is 0 Å². The number of nitrogens with one attached hydrogen (secondary N) is 2. The Bertz CT molecular complexity index is 947. The summed E-state index contributed by atoms with van der Waals surface area (Å²) < 4.78 is 10.00. The summed E-state index contributed by atoms with van der Waals surface area (Å²) in [6.07, 6.45) is 0. The van der Waals surface area contributed by atoms with Gasteiger partial charge in [-0.25, -0.2) is 9.59 Å². The number of nitrogens with zero attached hydrogens (tertiary/aromatic N) is 1. The van der Waals surface area contributed by atoms with Gasteiger partial charge < -0.3 is 20.1 Å². The van der Waals surface area contributed by atoms with Crippen LogP contribution in [0.25, 0.3) is 0 Å². The van der Waals surface area contributed by atoms with Gasteiger partial charge in [0, 0.05) is 17.8 Å². The van der Waals surface area contributed by atoms with Crippen LogP contribution in [0.5, 0.6) is 0 Å². The second-order valence-corrected chi connectivity index (χ2v) is 6.00. The van der Waals surface area contributed by atoms with Gasteiger partial charge >= 0.3 is 11.9 Å². The largest absolute Gasteiger partial charge is 0.462 e. The molecule has 0 heterocycles. The van der Waals surface area contributed by atoms with Gasteiger partial charge in [0.1, 0.15) is 0 Å². The van der Waals surface area contributed by atoms with Crippen molar-refractivity contribution in [2.75, 3.05) is 23.8 Å². The maximum absolute atomic E-state index is 12.2. The van der Waals surface area contributed by atoms with Crippen molar-refractivity contribution in [2.45, 2.75) is 13.8 Å². The van der Waals surface area contributed by atoms with Crippen LogP contribution in [0.1, 0.15) is 34.6 Å². The van der Waals surface area contributed by atoms with E-state index in [9.17, 15) is 19.7 Å². The molecule has 29 heavy (non-hydrogen) atoms. The third-order valence-electron chi connectivity index (χ3n) is 3.59. The zero-order valence-corrected chi connectivity index (χ0v) is 16.6. The Hall–Kier alpha value is -3.53. The number of nitro groups is 1. The maximum Gasteiger partial charge on any atom is 0.340 e. The molecule has 2 N–H and O–H groups in total. The number of carbonyl (C=O) groups excluding carboxylic acids is 2. The third-order valence-corrected chi connectivity index (χ3v) is 3.79. The molecule has 2 rings (SSSR count). The minimum atomic E-state index is -0.594. The molecule has 0 radical (unpaired) electrons. The number of benzene rings is 2. The van der Waals surface area contributed by atoms with E-state index in [-0.39, 0.29) is 40.8 Å². The topological polar surface area (TPSA) is 120 Å². The van der Waals surface area contributed by atoms with Crippen molar-refractivity contribution in [1.29, 1.82) is 0 Å². The molecule has 0 saturated carbocycles. The van der Waals surface area contributed by atoms with Crippen LogP contribution < -0.4 is 10.6 Å². The second kappa shape index (κ2) is 10.1. The van der Waals surface area contributed by atoms with Crippen LogP contribution in [0.2, 0.25) is 0 Å². The van der Waals surface area contributed by atoms with E-state index in [2.05, 4.69) is 10.6 Å². The minimum absolute atomic E-state index is 0.0667. The molecular formula is C19H19N3O6S. The molecule has 0 aliphatic carbocycles. The number of anilines is 2. The standard InChI is InChI=1S/C19H19N3O6S/c1-3-27-17(23)12-8-9-15(18(24)28-4-2)16(10-12)21-19(29)20-13-6-5-7-14(11-13)22(25)26/h5-11H,3-4H2,1-2H3,(H2,20,21,29). The second-order valence-electron chi connectivity index (χ2n) is 5.59. The van der Waals surface area contributed by atoms with Crippen LogP contribution in [0.4, 0.5) is 17.1 Å². The van der Waals surface area contributed by atoms with Crippen LogP contribution >= 0.6 is 12.2 Å². The van der Waals surface area contributed by atoms with E-state index >= 15 is 0 Å². The molecule has 2 aromatic carbocycles. The number of hydrogen-bond acceptors (Lipinski definition) is 7. The van der Waals surface area contributed by atoms with Gasteiger partial charge in [-0.15, -0.1) is 0 Å². The van der Waals surface area contributed by atoms with Crippen molar-refractivity contribution in [1.82, 2.24) is 0 Å². The monoisotopic (exact) mass is 417 g/mol. The first-order valence-electron chi connectivity index (χ1n) is 8.66. The van der Waals surface area contributed by atoms with E-state index < -0.39 is 16.9 Å². The number of nitro benzene ring substituents is 1. The van der Waals surface area contributed by atoms with Crippen LogP contribution in [0.15, 0.2) is 42.5 Å². The van der Waals surface area contributed by atoms with E-state index in [0.29, 0.717) is 5.69 Å². The Kier molecular flexibility index (Phi) is 7.61. The summed E-state index contributed by atoms with van der Waals surface area (Å²) in [5.74, 6) is -1.15. The van der Waals surface area contributed by atoms with Crippen LogP contribution in [-0.2, 0) is 9.47 Å². The lowest BCUT2D eigenvalue weighted by atomic mass is 10.1. The Morgan fingerprint density at radius 2 is 1.72 bits per heavy atom. The Morgan fingerprint density at radius 3 is 2.38 bits per heavy atom. The summed E-state index contributed by atoms with van der Waals surface area (Å²) in [6, 6.07) is 10.1. The highest BCUT2D eigenvalue weighted by molar-refractivity contribution is 7.80. The van der Waals surface area contributed by atoms with Crippen LogP contribution in [0, 0.1) is 10.1 Å². The summed E-state index contributed by atoms with van der Waals surface area (Å²) in [5, 5.41) is 16.6. The summed E-state index contributed by atoms with van der Waals surface area (Å²) in [7, 11) is 0. The minimum Gasteiger partial charge on any atom is -0.462 e. The molecule has 0 aliphatic rings. The third kappa shape index (κ3) is 5.98. The predicted octanol–water partition coefficient (Wildman–Crippen LogP) is 3.76. The number of thiocarbonyl (C=S) groups is 1. The van der Waals surface area contributed by atoms with Gasteiger partial charge in [-0.3, -0.25) is 10.1 Å². The van der Waals surface area contributed by atoms with Gasteiger partial charge in [0.05, 0.1) is 35.0 Å². The normalized spacial score (nSPS) is 10.0. The van der Waals surface area contributed by atoms with Gasteiger partial charge in [0.2, 0.25) is 0 Å². The smallest absolute Gasteiger partial charge is 0.340 e. The number of hydrogen-bond donors (Lipinski definition) is 2. The fraction of sp³-hybridized carbons (Fsp3) is 0.211. The molecule has 9 nitrogen and oxygen atoms in total. The molecule has 0 aliphatic heterocycles.